The highest BCUT2D eigenvalue weighted by molar-refractivity contribution is 5.40. The lowest BCUT2D eigenvalue weighted by Crippen LogP contribution is -2.02. The van der Waals surface area contributed by atoms with Gasteiger partial charge in [-0.1, -0.05) is 6.07 Å². The summed E-state index contributed by atoms with van der Waals surface area (Å²) in [6.45, 7) is 1.98. The zero-order valence-electron chi connectivity index (χ0n) is 9.48. The van der Waals surface area contributed by atoms with Crippen molar-refractivity contribution >= 4 is 0 Å². The Morgan fingerprint density at radius 3 is 2.82 bits per heavy atom. The Labute approximate surface area is 99.1 Å². The highest BCUT2D eigenvalue weighted by Crippen LogP contribution is 2.28. The van der Waals surface area contributed by atoms with Crippen LogP contribution in [0.3, 0.4) is 0 Å². The highest BCUT2D eigenvalue weighted by atomic mass is 19.1. The Bertz CT molecular complexity index is 529. The van der Waals surface area contributed by atoms with Gasteiger partial charge in [0.25, 0.3) is 0 Å². The van der Waals surface area contributed by atoms with E-state index in [2.05, 4.69) is 4.98 Å². The molecule has 4 heteroatoms. The quantitative estimate of drug-likeness (QED) is 0.885. The summed E-state index contributed by atoms with van der Waals surface area (Å²) in [6.07, 6.45) is 3.32. The summed E-state index contributed by atoms with van der Waals surface area (Å²) in [5.74, 6) is 0.749. The standard InChI is InChI=1S/C13H13FN2O/c1-9-8-16-6-5-12(9)17-13-4-2-3-11(14)10(13)7-15/h2-6,8H,7,15H2,1H3. The fourth-order valence-electron chi connectivity index (χ4n) is 1.53. The maximum Gasteiger partial charge on any atom is 0.134 e. The van der Waals surface area contributed by atoms with Crippen molar-refractivity contribution in [2.45, 2.75) is 13.5 Å². The van der Waals surface area contributed by atoms with Crippen LogP contribution in [-0.4, -0.2) is 4.98 Å². The number of aryl methyl sites for hydroxylation is 1. The molecule has 2 rings (SSSR count). The first-order chi connectivity index (χ1) is 8.22. The van der Waals surface area contributed by atoms with Crippen LogP contribution in [0.15, 0.2) is 36.7 Å². The van der Waals surface area contributed by atoms with E-state index in [1.54, 1.807) is 30.6 Å². The number of nitrogens with zero attached hydrogens (tertiary/aromatic N) is 1. The topological polar surface area (TPSA) is 48.1 Å². The molecule has 0 saturated heterocycles. The van der Waals surface area contributed by atoms with Crippen LogP contribution in [0.5, 0.6) is 11.5 Å². The van der Waals surface area contributed by atoms with Crippen LogP contribution >= 0.6 is 0 Å². The van der Waals surface area contributed by atoms with E-state index in [9.17, 15) is 4.39 Å². The second-order valence-corrected chi connectivity index (χ2v) is 3.66. The normalized spacial score (nSPS) is 10.3. The monoisotopic (exact) mass is 232 g/mol. The van der Waals surface area contributed by atoms with Gasteiger partial charge in [-0.25, -0.2) is 4.39 Å². The SMILES string of the molecule is Cc1cnccc1Oc1cccc(F)c1CN. The molecule has 1 aromatic heterocycles. The zero-order valence-corrected chi connectivity index (χ0v) is 9.48. The van der Waals surface area contributed by atoms with Gasteiger partial charge < -0.3 is 10.5 Å². The molecule has 0 fully saturated rings. The van der Waals surface area contributed by atoms with Crippen LogP contribution < -0.4 is 10.5 Å². The lowest BCUT2D eigenvalue weighted by Gasteiger charge is -2.11. The molecule has 0 saturated carbocycles. The maximum absolute atomic E-state index is 13.5. The van der Waals surface area contributed by atoms with Crippen molar-refractivity contribution < 1.29 is 9.13 Å². The third-order valence-corrected chi connectivity index (χ3v) is 2.47. The van der Waals surface area contributed by atoms with Crippen molar-refractivity contribution in [1.82, 2.24) is 4.98 Å². The van der Waals surface area contributed by atoms with E-state index in [1.165, 1.54) is 6.07 Å². The first-order valence-electron chi connectivity index (χ1n) is 5.28. The van der Waals surface area contributed by atoms with Gasteiger partial charge in [0.1, 0.15) is 17.3 Å². The Kier molecular flexibility index (Phi) is 3.35. The number of rotatable bonds is 3. The second kappa shape index (κ2) is 4.93. The third kappa shape index (κ3) is 2.42. The van der Waals surface area contributed by atoms with E-state index >= 15 is 0 Å². The number of ether oxygens (including phenoxy) is 1. The molecule has 1 heterocycles. The minimum absolute atomic E-state index is 0.103. The van der Waals surface area contributed by atoms with Gasteiger partial charge in [0.15, 0.2) is 0 Å². The fraction of sp³-hybridized carbons (Fsp3) is 0.154. The molecule has 1 aromatic carbocycles. The Morgan fingerprint density at radius 1 is 1.29 bits per heavy atom. The van der Waals surface area contributed by atoms with Gasteiger partial charge in [0, 0.05) is 30.1 Å². The number of aromatic nitrogens is 1. The highest BCUT2D eigenvalue weighted by Gasteiger charge is 2.09. The van der Waals surface area contributed by atoms with Crippen molar-refractivity contribution in [1.29, 1.82) is 0 Å². The van der Waals surface area contributed by atoms with Crippen molar-refractivity contribution in [3.8, 4) is 11.5 Å². The van der Waals surface area contributed by atoms with Crippen LogP contribution in [0, 0.1) is 12.7 Å². The molecule has 0 aliphatic rings. The predicted octanol–water partition coefficient (Wildman–Crippen LogP) is 2.78. The molecule has 0 bridgehead atoms. The first-order valence-corrected chi connectivity index (χ1v) is 5.28. The molecule has 0 atom stereocenters. The molecule has 3 nitrogen and oxygen atoms in total. The summed E-state index contributed by atoms with van der Waals surface area (Å²) in [5.41, 5.74) is 6.78. The van der Waals surface area contributed by atoms with Crippen molar-refractivity contribution in [3.63, 3.8) is 0 Å². The summed E-state index contributed by atoms with van der Waals surface area (Å²) in [7, 11) is 0. The summed E-state index contributed by atoms with van der Waals surface area (Å²) in [6, 6.07) is 6.40. The molecule has 0 aliphatic heterocycles. The van der Waals surface area contributed by atoms with Gasteiger partial charge in [-0.3, -0.25) is 4.98 Å². The molecule has 2 aromatic rings. The first kappa shape index (κ1) is 11.5. The van der Waals surface area contributed by atoms with Crippen molar-refractivity contribution in [2.24, 2.45) is 5.73 Å². The molecule has 0 aliphatic carbocycles. The van der Waals surface area contributed by atoms with Gasteiger partial charge in [-0.05, 0) is 25.1 Å². The number of halogens is 1. The van der Waals surface area contributed by atoms with Crippen LogP contribution in [0.4, 0.5) is 4.39 Å². The number of nitrogens with two attached hydrogens (primary N) is 1. The molecular formula is C13H13FN2O. The van der Waals surface area contributed by atoms with Gasteiger partial charge in [0.05, 0.1) is 0 Å². The molecular weight excluding hydrogens is 219 g/mol. The molecule has 2 N–H and O–H groups in total. The Morgan fingerprint density at radius 2 is 2.12 bits per heavy atom. The van der Waals surface area contributed by atoms with Crippen molar-refractivity contribution in [3.05, 3.63) is 53.6 Å². The van der Waals surface area contributed by atoms with E-state index in [0.29, 0.717) is 17.1 Å². The predicted molar refractivity (Wildman–Crippen MR) is 63.3 cm³/mol. The lowest BCUT2D eigenvalue weighted by molar-refractivity contribution is 0.463. The van der Waals surface area contributed by atoms with Gasteiger partial charge in [0.2, 0.25) is 0 Å². The van der Waals surface area contributed by atoms with E-state index in [4.69, 9.17) is 10.5 Å². The van der Waals surface area contributed by atoms with E-state index in [1.807, 2.05) is 6.92 Å². The van der Waals surface area contributed by atoms with E-state index in [0.717, 1.165) is 5.56 Å². The van der Waals surface area contributed by atoms with Gasteiger partial charge in [-0.15, -0.1) is 0 Å². The fourth-order valence-corrected chi connectivity index (χ4v) is 1.53. The van der Waals surface area contributed by atoms with E-state index < -0.39 is 0 Å². The Hall–Kier alpha value is -1.94. The van der Waals surface area contributed by atoms with Gasteiger partial charge in [-0.2, -0.15) is 0 Å². The molecule has 0 unspecified atom stereocenters. The van der Waals surface area contributed by atoms with Crippen LogP contribution in [0.1, 0.15) is 11.1 Å². The second-order valence-electron chi connectivity index (χ2n) is 3.66. The molecule has 0 amide bonds. The largest absolute Gasteiger partial charge is 0.457 e. The average molecular weight is 232 g/mol. The number of hydrogen-bond donors (Lipinski definition) is 1. The smallest absolute Gasteiger partial charge is 0.134 e. The summed E-state index contributed by atoms with van der Waals surface area (Å²) in [4.78, 5) is 3.97. The molecule has 0 spiro atoms. The zero-order chi connectivity index (χ0) is 12.3. The van der Waals surface area contributed by atoms with E-state index in [-0.39, 0.29) is 12.4 Å². The van der Waals surface area contributed by atoms with Crippen LogP contribution in [-0.2, 0) is 6.54 Å². The van der Waals surface area contributed by atoms with Crippen molar-refractivity contribution in [2.75, 3.05) is 0 Å². The summed E-state index contributed by atoms with van der Waals surface area (Å²) < 4.78 is 19.1. The van der Waals surface area contributed by atoms with Gasteiger partial charge >= 0.3 is 0 Å². The number of hydrogen-bond acceptors (Lipinski definition) is 3. The lowest BCUT2D eigenvalue weighted by atomic mass is 10.2. The molecule has 17 heavy (non-hydrogen) atoms. The Balaban J connectivity index is 2.37. The average Bonchev–Trinajstić information content (AvgIpc) is 2.32. The third-order valence-electron chi connectivity index (χ3n) is 2.47. The summed E-state index contributed by atoms with van der Waals surface area (Å²) >= 11 is 0. The summed E-state index contributed by atoms with van der Waals surface area (Å²) in [5, 5.41) is 0. The maximum atomic E-state index is 13.5. The molecule has 0 radical (unpaired) electrons. The number of benzene rings is 1. The minimum atomic E-state index is -0.350. The van der Waals surface area contributed by atoms with Crippen LogP contribution in [0.2, 0.25) is 0 Å². The number of pyridine rings is 1. The van der Waals surface area contributed by atoms with Crippen LogP contribution in [0.25, 0.3) is 0 Å². The molecule has 88 valence electrons. The minimum Gasteiger partial charge on any atom is -0.457 e.